The SMILES string of the molecule is CC(=O)Nc1ccc(NCc2cnc3c(C)cccn23)nc1. The number of rotatable bonds is 4. The van der Waals surface area contributed by atoms with Gasteiger partial charge in [-0.15, -0.1) is 0 Å². The summed E-state index contributed by atoms with van der Waals surface area (Å²) in [5.74, 6) is 0.639. The van der Waals surface area contributed by atoms with E-state index in [1.165, 1.54) is 6.92 Å². The van der Waals surface area contributed by atoms with Crippen molar-refractivity contribution in [3.05, 3.63) is 54.1 Å². The Kier molecular flexibility index (Phi) is 3.74. The van der Waals surface area contributed by atoms with Gasteiger partial charge in [-0.1, -0.05) is 6.07 Å². The van der Waals surface area contributed by atoms with Crippen LogP contribution in [0.15, 0.2) is 42.9 Å². The smallest absolute Gasteiger partial charge is 0.221 e. The van der Waals surface area contributed by atoms with Crippen LogP contribution in [0.25, 0.3) is 5.65 Å². The number of aromatic nitrogens is 3. The predicted molar refractivity (Wildman–Crippen MR) is 85.8 cm³/mol. The summed E-state index contributed by atoms with van der Waals surface area (Å²) >= 11 is 0. The van der Waals surface area contributed by atoms with E-state index in [9.17, 15) is 4.79 Å². The minimum absolute atomic E-state index is 0.108. The number of hydrogen-bond acceptors (Lipinski definition) is 4. The number of imidazole rings is 1. The fourth-order valence-corrected chi connectivity index (χ4v) is 2.29. The molecule has 0 unspecified atom stereocenters. The molecular weight excluding hydrogens is 278 g/mol. The van der Waals surface area contributed by atoms with Crippen LogP contribution in [0.3, 0.4) is 0 Å². The highest BCUT2D eigenvalue weighted by molar-refractivity contribution is 5.88. The molecule has 0 aromatic carbocycles. The van der Waals surface area contributed by atoms with E-state index < -0.39 is 0 Å². The van der Waals surface area contributed by atoms with E-state index in [-0.39, 0.29) is 5.91 Å². The van der Waals surface area contributed by atoms with Crippen LogP contribution in [0.4, 0.5) is 11.5 Å². The van der Waals surface area contributed by atoms with Crippen molar-refractivity contribution in [2.24, 2.45) is 0 Å². The summed E-state index contributed by atoms with van der Waals surface area (Å²) in [6.07, 6.45) is 5.49. The second-order valence-corrected chi connectivity index (χ2v) is 5.10. The molecule has 3 aromatic heterocycles. The Bertz CT molecular complexity index is 807. The predicted octanol–water partition coefficient (Wildman–Crippen LogP) is 2.61. The monoisotopic (exact) mass is 295 g/mol. The molecule has 0 spiro atoms. The third kappa shape index (κ3) is 2.90. The van der Waals surface area contributed by atoms with Gasteiger partial charge in [-0.3, -0.25) is 4.79 Å². The summed E-state index contributed by atoms with van der Waals surface area (Å²) in [5.41, 5.74) is 3.86. The molecule has 0 fully saturated rings. The van der Waals surface area contributed by atoms with E-state index in [1.54, 1.807) is 6.20 Å². The average Bonchev–Trinajstić information content (AvgIpc) is 2.91. The van der Waals surface area contributed by atoms with Gasteiger partial charge in [-0.05, 0) is 30.7 Å². The van der Waals surface area contributed by atoms with Gasteiger partial charge in [0.1, 0.15) is 11.5 Å². The molecule has 112 valence electrons. The molecule has 3 rings (SSSR count). The van der Waals surface area contributed by atoms with Crippen LogP contribution in [0.5, 0.6) is 0 Å². The Morgan fingerprint density at radius 3 is 2.82 bits per heavy atom. The Balaban J connectivity index is 1.71. The number of hydrogen-bond donors (Lipinski definition) is 2. The van der Waals surface area contributed by atoms with Crippen molar-refractivity contribution < 1.29 is 4.79 Å². The lowest BCUT2D eigenvalue weighted by molar-refractivity contribution is -0.114. The van der Waals surface area contributed by atoms with Gasteiger partial charge in [-0.25, -0.2) is 9.97 Å². The number of fused-ring (bicyclic) bond motifs is 1. The number of anilines is 2. The largest absolute Gasteiger partial charge is 0.364 e. The lowest BCUT2D eigenvalue weighted by Crippen LogP contribution is -2.07. The lowest BCUT2D eigenvalue weighted by atomic mass is 10.3. The molecule has 3 heterocycles. The number of pyridine rings is 2. The maximum atomic E-state index is 11.0. The molecule has 0 atom stereocenters. The molecule has 6 nitrogen and oxygen atoms in total. The van der Waals surface area contributed by atoms with Crippen molar-refractivity contribution in [1.82, 2.24) is 14.4 Å². The van der Waals surface area contributed by atoms with E-state index in [1.807, 2.05) is 43.6 Å². The average molecular weight is 295 g/mol. The number of carbonyl (C=O) groups is 1. The van der Waals surface area contributed by atoms with Crippen LogP contribution in [0, 0.1) is 6.92 Å². The quantitative estimate of drug-likeness (QED) is 0.776. The third-order valence-corrected chi connectivity index (χ3v) is 3.34. The molecule has 2 N–H and O–H groups in total. The van der Waals surface area contributed by atoms with Crippen molar-refractivity contribution in [3.63, 3.8) is 0 Å². The Labute approximate surface area is 128 Å². The van der Waals surface area contributed by atoms with E-state index >= 15 is 0 Å². The van der Waals surface area contributed by atoms with Gasteiger partial charge in [0.25, 0.3) is 0 Å². The lowest BCUT2D eigenvalue weighted by Gasteiger charge is -2.07. The molecule has 0 saturated heterocycles. The van der Waals surface area contributed by atoms with E-state index in [2.05, 4.69) is 25.0 Å². The summed E-state index contributed by atoms with van der Waals surface area (Å²) < 4.78 is 2.06. The molecular formula is C16H17N5O. The highest BCUT2D eigenvalue weighted by atomic mass is 16.1. The second kappa shape index (κ2) is 5.85. The fraction of sp³-hybridized carbons (Fsp3) is 0.188. The van der Waals surface area contributed by atoms with Crippen LogP contribution < -0.4 is 10.6 Å². The van der Waals surface area contributed by atoms with Gasteiger partial charge in [0.15, 0.2) is 0 Å². The molecule has 0 saturated carbocycles. The molecule has 22 heavy (non-hydrogen) atoms. The number of nitrogens with one attached hydrogen (secondary N) is 2. The zero-order chi connectivity index (χ0) is 15.5. The first-order chi connectivity index (χ1) is 10.6. The second-order valence-electron chi connectivity index (χ2n) is 5.10. The van der Waals surface area contributed by atoms with Crippen LogP contribution in [-0.2, 0) is 11.3 Å². The topological polar surface area (TPSA) is 71.3 Å². The van der Waals surface area contributed by atoms with Crippen LogP contribution in [0.1, 0.15) is 18.2 Å². The third-order valence-electron chi connectivity index (χ3n) is 3.34. The normalized spacial score (nSPS) is 10.6. The van der Waals surface area contributed by atoms with Crippen molar-refractivity contribution in [2.45, 2.75) is 20.4 Å². The molecule has 1 amide bonds. The van der Waals surface area contributed by atoms with Crippen LogP contribution >= 0.6 is 0 Å². The Morgan fingerprint density at radius 1 is 1.23 bits per heavy atom. The number of amides is 1. The maximum Gasteiger partial charge on any atom is 0.221 e. The molecule has 0 aliphatic rings. The van der Waals surface area contributed by atoms with Crippen molar-refractivity contribution >= 4 is 23.1 Å². The number of nitrogens with zero attached hydrogens (tertiary/aromatic N) is 3. The van der Waals surface area contributed by atoms with E-state index in [4.69, 9.17) is 0 Å². The number of aryl methyl sites for hydroxylation is 1. The summed E-state index contributed by atoms with van der Waals surface area (Å²) in [6.45, 7) is 4.14. The van der Waals surface area contributed by atoms with Gasteiger partial charge in [0.2, 0.25) is 5.91 Å². The van der Waals surface area contributed by atoms with E-state index in [0.29, 0.717) is 12.2 Å². The summed E-state index contributed by atoms with van der Waals surface area (Å²) in [7, 11) is 0. The summed E-state index contributed by atoms with van der Waals surface area (Å²) in [6, 6.07) is 7.70. The molecule has 6 heteroatoms. The number of carbonyl (C=O) groups excluding carboxylic acids is 1. The Morgan fingerprint density at radius 2 is 2.09 bits per heavy atom. The zero-order valence-corrected chi connectivity index (χ0v) is 12.5. The van der Waals surface area contributed by atoms with Gasteiger partial charge >= 0.3 is 0 Å². The van der Waals surface area contributed by atoms with Crippen molar-refractivity contribution in [3.8, 4) is 0 Å². The van der Waals surface area contributed by atoms with Gasteiger partial charge < -0.3 is 15.0 Å². The van der Waals surface area contributed by atoms with Crippen LogP contribution in [-0.4, -0.2) is 20.3 Å². The molecule has 3 aromatic rings. The minimum Gasteiger partial charge on any atom is -0.364 e. The fourth-order valence-electron chi connectivity index (χ4n) is 2.29. The first kappa shape index (κ1) is 14.1. The zero-order valence-electron chi connectivity index (χ0n) is 12.5. The summed E-state index contributed by atoms with van der Waals surface area (Å²) in [4.78, 5) is 19.7. The van der Waals surface area contributed by atoms with Crippen molar-refractivity contribution in [1.29, 1.82) is 0 Å². The van der Waals surface area contributed by atoms with Gasteiger partial charge in [0, 0.05) is 13.1 Å². The molecule has 0 bridgehead atoms. The minimum atomic E-state index is -0.108. The highest BCUT2D eigenvalue weighted by Gasteiger charge is 2.05. The molecule has 0 aliphatic carbocycles. The van der Waals surface area contributed by atoms with E-state index in [0.717, 1.165) is 22.7 Å². The standard InChI is InChI=1S/C16H17N5O/c1-11-4-3-7-21-14(10-19-16(11)21)9-18-15-6-5-13(8-17-15)20-12(2)22/h3-8,10H,9H2,1-2H3,(H,17,18)(H,20,22). The van der Waals surface area contributed by atoms with Crippen LogP contribution in [0.2, 0.25) is 0 Å². The maximum absolute atomic E-state index is 11.0. The summed E-state index contributed by atoms with van der Waals surface area (Å²) in [5, 5.41) is 5.94. The van der Waals surface area contributed by atoms with Gasteiger partial charge in [-0.2, -0.15) is 0 Å². The van der Waals surface area contributed by atoms with Crippen molar-refractivity contribution in [2.75, 3.05) is 10.6 Å². The Hall–Kier alpha value is -2.89. The first-order valence-electron chi connectivity index (χ1n) is 7.02. The van der Waals surface area contributed by atoms with Gasteiger partial charge in [0.05, 0.1) is 30.3 Å². The molecule has 0 radical (unpaired) electrons. The first-order valence-corrected chi connectivity index (χ1v) is 7.02. The highest BCUT2D eigenvalue weighted by Crippen LogP contribution is 2.14. The molecule has 0 aliphatic heterocycles.